The van der Waals surface area contributed by atoms with Gasteiger partial charge in [-0.1, -0.05) is 17.3 Å². The van der Waals surface area contributed by atoms with Gasteiger partial charge in [0.2, 0.25) is 0 Å². The normalized spacial score (nSPS) is 12.0. The molecule has 176 valence electrons. The van der Waals surface area contributed by atoms with E-state index in [2.05, 4.69) is 15.5 Å². The molecule has 0 aliphatic heterocycles. The molecule has 8 nitrogen and oxygen atoms in total. The molecule has 2 aromatic carbocycles. The number of nitrogens with one attached hydrogen (secondary N) is 2. The van der Waals surface area contributed by atoms with Gasteiger partial charge in [-0.05, 0) is 49.7 Å². The number of hydrogen-bond acceptors (Lipinski definition) is 6. The summed E-state index contributed by atoms with van der Waals surface area (Å²) in [6, 6.07) is 8.84. The monoisotopic (exact) mass is 490 g/mol. The summed E-state index contributed by atoms with van der Waals surface area (Å²) < 4.78 is 74.2. The fraction of sp³-hybridized carbons (Fsp3) is 0.136. The number of halogens is 3. The molecule has 0 unspecified atom stereocenters. The summed E-state index contributed by atoms with van der Waals surface area (Å²) >= 11 is 0. The molecule has 2 heterocycles. The first kappa shape index (κ1) is 23.2. The van der Waals surface area contributed by atoms with Crippen LogP contribution in [0.1, 0.15) is 27.2 Å². The Morgan fingerprint density at radius 2 is 1.82 bits per heavy atom. The Morgan fingerprint density at radius 3 is 2.50 bits per heavy atom. The average molecular weight is 490 g/mol. The molecule has 0 aliphatic carbocycles. The largest absolute Gasteiger partial charge is 0.418 e. The fourth-order valence-electron chi connectivity index (χ4n) is 3.32. The zero-order valence-corrected chi connectivity index (χ0v) is 18.6. The Kier molecular flexibility index (Phi) is 5.77. The van der Waals surface area contributed by atoms with Crippen molar-refractivity contribution in [3.8, 4) is 0 Å². The highest BCUT2D eigenvalue weighted by atomic mass is 32.2. The first-order chi connectivity index (χ1) is 16.0. The summed E-state index contributed by atoms with van der Waals surface area (Å²) in [5.74, 6) is -0.533. The van der Waals surface area contributed by atoms with Crippen molar-refractivity contribution < 1.29 is 30.9 Å². The van der Waals surface area contributed by atoms with Crippen molar-refractivity contribution in [2.75, 3.05) is 10.0 Å². The smallest absolute Gasteiger partial charge is 0.361 e. The van der Waals surface area contributed by atoms with E-state index in [-0.39, 0.29) is 27.4 Å². The lowest BCUT2D eigenvalue weighted by atomic mass is 10.1. The van der Waals surface area contributed by atoms with Crippen LogP contribution in [0.2, 0.25) is 0 Å². The van der Waals surface area contributed by atoms with E-state index < -0.39 is 33.4 Å². The van der Waals surface area contributed by atoms with Gasteiger partial charge in [0.25, 0.3) is 15.9 Å². The molecular weight excluding hydrogens is 473 g/mol. The van der Waals surface area contributed by atoms with Gasteiger partial charge in [0, 0.05) is 17.3 Å². The number of fused-ring (bicyclic) bond motifs is 1. The number of nitrogens with zero attached hydrogens (tertiary/aromatic N) is 2. The molecule has 0 aliphatic rings. The minimum absolute atomic E-state index is 0.0528. The van der Waals surface area contributed by atoms with Crippen LogP contribution >= 0.6 is 0 Å². The molecule has 12 heteroatoms. The van der Waals surface area contributed by atoms with Crippen LogP contribution in [-0.2, 0) is 16.2 Å². The number of carbonyl (C=O) groups excluding carboxylic acids is 1. The summed E-state index contributed by atoms with van der Waals surface area (Å²) in [5.41, 5.74) is -1.19. The Morgan fingerprint density at radius 1 is 1.06 bits per heavy atom. The average Bonchev–Trinajstić information content (AvgIpc) is 3.19. The van der Waals surface area contributed by atoms with Gasteiger partial charge in [0.1, 0.15) is 16.2 Å². The van der Waals surface area contributed by atoms with Gasteiger partial charge < -0.3 is 9.84 Å². The van der Waals surface area contributed by atoms with E-state index in [1.165, 1.54) is 25.3 Å². The molecule has 2 N–H and O–H groups in total. The molecule has 34 heavy (non-hydrogen) atoms. The summed E-state index contributed by atoms with van der Waals surface area (Å²) in [5, 5.41) is 6.30. The zero-order valence-electron chi connectivity index (χ0n) is 17.8. The van der Waals surface area contributed by atoms with Crippen LogP contribution in [0.25, 0.3) is 10.9 Å². The zero-order chi connectivity index (χ0) is 24.7. The number of aryl methyl sites for hydroxylation is 2. The molecule has 4 rings (SSSR count). The predicted octanol–water partition coefficient (Wildman–Crippen LogP) is 4.91. The Labute approximate surface area is 191 Å². The molecule has 0 saturated carbocycles. The van der Waals surface area contributed by atoms with Crippen LogP contribution in [0.5, 0.6) is 0 Å². The number of carbonyl (C=O) groups is 1. The highest BCUT2D eigenvalue weighted by Crippen LogP contribution is 2.38. The second-order valence-corrected chi connectivity index (χ2v) is 9.10. The maximum atomic E-state index is 13.8. The van der Waals surface area contributed by atoms with Gasteiger partial charge in [0.15, 0.2) is 0 Å². The summed E-state index contributed by atoms with van der Waals surface area (Å²) in [6.07, 6.45) is -2.31. The number of pyridine rings is 1. The van der Waals surface area contributed by atoms with Crippen molar-refractivity contribution in [2.45, 2.75) is 24.9 Å². The van der Waals surface area contributed by atoms with Crippen molar-refractivity contribution in [3.05, 3.63) is 77.3 Å². The van der Waals surface area contributed by atoms with Crippen LogP contribution in [0.3, 0.4) is 0 Å². The van der Waals surface area contributed by atoms with E-state index >= 15 is 0 Å². The quantitative estimate of drug-likeness (QED) is 0.411. The van der Waals surface area contributed by atoms with Crippen molar-refractivity contribution in [1.82, 2.24) is 10.1 Å². The molecular formula is C22H17F3N4O4S. The maximum Gasteiger partial charge on any atom is 0.418 e. The van der Waals surface area contributed by atoms with Gasteiger partial charge in [0.05, 0.1) is 23.0 Å². The first-order valence-corrected chi connectivity index (χ1v) is 11.3. The van der Waals surface area contributed by atoms with E-state index in [0.717, 1.165) is 23.9 Å². The minimum Gasteiger partial charge on any atom is -0.361 e. The third-order valence-corrected chi connectivity index (χ3v) is 6.32. The molecule has 0 spiro atoms. The number of alkyl halides is 3. The molecule has 0 fully saturated rings. The number of aromatic nitrogens is 2. The lowest BCUT2D eigenvalue weighted by molar-refractivity contribution is -0.136. The summed E-state index contributed by atoms with van der Waals surface area (Å²) in [4.78, 5) is 16.2. The van der Waals surface area contributed by atoms with Crippen molar-refractivity contribution >= 4 is 38.2 Å². The van der Waals surface area contributed by atoms with E-state index in [0.29, 0.717) is 11.5 Å². The Balaban J connectivity index is 1.70. The van der Waals surface area contributed by atoms with E-state index in [9.17, 15) is 26.4 Å². The van der Waals surface area contributed by atoms with Crippen LogP contribution in [0.4, 0.5) is 24.5 Å². The van der Waals surface area contributed by atoms with Crippen molar-refractivity contribution in [1.29, 1.82) is 0 Å². The molecule has 4 aromatic rings. The van der Waals surface area contributed by atoms with Gasteiger partial charge in [-0.2, -0.15) is 13.2 Å². The van der Waals surface area contributed by atoms with Gasteiger partial charge in [-0.3, -0.25) is 14.5 Å². The lowest BCUT2D eigenvalue weighted by Gasteiger charge is -2.17. The number of sulfonamides is 1. The van der Waals surface area contributed by atoms with Crippen LogP contribution < -0.4 is 10.0 Å². The molecule has 0 bridgehead atoms. The predicted molar refractivity (Wildman–Crippen MR) is 118 cm³/mol. The minimum atomic E-state index is -4.92. The van der Waals surface area contributed by atoms with Crippen molar-refractivity contribution in [2.24, 2.45) is 0 Å². The topological polar surface area (TPSA) is 114 Å². The highest BCUT2D eigenvalue weighted by molar-refractivity contribution is 7.93. The van der Waals surface area contributed by atoms with Crippen LogP contribution in [-0.4, -0.2) is 24.5 Å². The van der Waals surface area contributed by atoms with Crippen LogP contribution in [0.15, 0.2) is 64.3 Å². The van der Waals surface area contributed by atoms with Gasteiger partial charge in [-0.15, -0.1) is 0 Å². The number of hydrogen-bond donors (Lipinski definition) is 2. The standard InChI is InChI=1S/C22H17F3N4O4S/c1-12-8-14-4-3-5-19(20(14)26-10-12)34(31,32)29-18-7-6-15(9-17(18)22(23,24)25)28-21(30)16-11-27-33-13(16)2/h3-11,29H,1-2H3,(H,28,30). The third-order valence-electron chi connectivity index (χ3n) is 4.92. The molecule has 0 radical (unpaired) electrons. The maximum absolute atomic E-state index is 13.8. The SMILES string of the molecule is Cc1cnc2c(S(=O)(=O)Nc3ccc(NC(=O)c4cnoc4C)cc3C(F)(F)F)cccc2c1. The molecule has 0 atom stereocenters. The van der Waals surface area contributed by atoms with E-state index in [4.69, 9.17) is 4.52 Å². The first-order valence-electron chi connectivity index (χ1n) is 9.78. The molecule has 0 saturated heterocycles. The number of para-hydroxylation sites is 1. The number of rotatable bonds is 5. The number of benzene rings is 2. The second-order valence-electron chi connectivity index (χ2n) is 7.45. The van der Waals surface area contributed by atoms with Crippen molar-refractivity contribution in [3.63, 3.8) is 0 Å². The van der Waals surface area contributed by atoms with Gasteiger partial charge >= 0.3 is 6.18 Å². The highest BCUT2D eigenvalue weighted by Gasteiger charge is 2.35. The Bertz CT molecular complexity index is 1510. The molecule has 1 amide bonds. The number of amides is 1. The van der Waals surface area contributed by atoms with Gasteiger partial charge in [-0.25, -0.2) is 8.42 Å². The Hall–Kier alpha value is -3.93. The third kappa shape index (κ3) is 4.57. The van der Waals surface area contributed by atoms with Crippen LogP contribution in [0, 0.1) is 13.8 Å². The summed E-state index contributed by atoms with van der Waals surface area (Å²) in [6.45, 7) is 3.26. The van der Waals surface area contributed by atoms with E-state index in [1.54, 1.807) is 19.1 Å². The second kappa shape index (κ2) is 8.45. The fourth-order valence-corrected chi connectivity index (χ4v) is 4.58. The van der Waals surface area contributed by atoms with E-state index in [1.807, 2.05) is 4.72 Å². The number of anilines is 2. The summed E-state index contributed by atoms with van der Waals surface area (Å²) in [7, 11) is -4.43. The lowest BCUT2D eigenvalue weighted by Crippen LogP contribution is -2.19. The molecule has 2 aromatic heterocycles.